The van der Waals surface area contributed by atoms with E-state index in [1.165, 1.54) is 5.56 Å². The Labute approximate surface area is 119 Å². The van der Waals surface area contributed by atoms with Crippen LogP contribution in [0, 0.1) is 6.92 Å². The minimum Gasteiger partial charge on any atom is -0.453 e. The Kier molecular flexibility index (Phi) is 5.00. The van der Waals surface area contributed by atoms with Gasteiger partial charge in [0.15, 0.2) is 5.22 Å². The second kappa shape index (κ2) is 6.73. The summed E-state index contributed by atoms with van der Waals surface area (Å²) in [5.41, 5.74) is 3.29. The van der Waals surface area contributed by atoms with Gasteiger partial charge in [-0.1, -0.05) is 13.0 Å². The van der Waals surface area contributed by atoms with Gasteiger partial charge in [-0.15, -0.1) is 0 Å². The van der Waals surface area contributed by atoms with Gasteiger partial charge in [-0.3, -0.25) is 4.98 Å². The van der Waals surface area contributed by atoms with Crippen molar-refractivity contribution < 1.29 is 4.42 Å². The van der Waals surface area contributed by atoms with Crippen LogP contribution >= 0.6 is 11.6 Å². The van der Waals surface area contributed by atoms with Crippen molar-refractivity contribution in [3.63, 3.8) is 0 Å². The molecule has 0 aliphatic carbocycles. The molecule has 0 bridgehead atoms. The molecule has 2 aromatic heterocycles. The molecule has 2 rings (SSSR count). The molecule has 0 aliphatic heterocycles. The lowest BCUT2D eigenvalue weighted by molar-refractivity contribution is 0.509. The van der Waals surface area contributed by atoms with E-state index in [0.717, 1.165) is 30.6 Å². The third-order valence-corrected chi connectivity index (χ3v) is 3.48. The van der Waals surface area contributed by atoms with Crippen LogP contribution in [0.2, 0.25) is 5.22 Å². The molecule has 2 heterocycles. The van der Waals surface area contributed by atoms with Crippen LogP contribution in [-0.2, 0) is 6.42 Å². The minimum atomic E-state index is 0.139. The van der Waals surface area contributed by atoms with E-state index in [9.17, 15) is 0 Å². The Morgan fingerprint density at radius 3 is 2.89 bits per heavy atom. The molecule has 0 fully saturated rings. The van der Waals surface area contributed by atoms with Crippen LogP contribution in [0.1, 0.15) is 36.2 Å². The van der Waals surface area contributed by atoms with Gasteiger partial charge in [0.2, 0.25) is 0 Å². The van der Waals surface area contributed by atoms with E-state index in [0.29, 0.717) is 5.22 Å². The molecular formula is C15H19ClN2O. The van der Waals surface area contributed by atoms with Crippen molar-refractivity contribution in [2.24, 2.45) is 0 Å². The fraction of sp³-hybridized carbons (Fsp3) is 0.400. The first kappa shape index (κ1) is 14.1. The Hall–Kier alpha value is -1.32. The normalized spacial score (nSPS) is 12.6. The highest BCUT2D eigenvalue weighted by molar-refractivity contribution is 6.29. The number of halogens is 1. The Bertz CT molecular complexity index is 524. The number of hydrogen-bond acceptors (Lipinski definition) is 3. The number of nitrogens with zero attached hydrogens (tertiary/aromatic N) is 1. The van der Waals surface area contributed by atoms with E-state index in [2.05, 4.69) is 30.2 Å². The van der Waals surface area contributed by atoms with Crippen molar-refractivity contribution in [3.05, 3.63) is 52.7 Å². The number of pyridine rings is 1. The van der Waals surface area contributed by atoms with Gasteiger partial charge in [0.1, 0.15) is 0 Å². The van der Waals surface area contributed by atoms with Crippen LogP contribution in [0.15, 0.2) is 35.1 Å². The molecule has 0 spiro atoms. The maximum atomic E-state index is 6.09. The third kappa shape index (κ3) is 3.58. The van der Waals surface area contributed by atoms with Crippen molar-refractivity contribution >= 4 is 11.6 Å². The molecule has 1 N–H and O–H groups in total. The predicted octanol–water partition coefficient (Wildman–Crippen LogP) is 3.92. The zero-order chi connectivity index (χ0) is 13.7. The summed E-state index contributed by atoms with van der Waals surface area (Å²) in [6.45, 7) is 5.17. The van der Waals surface area contributed by atoms with Crippen LogP contribution in [0.3, 0.4) is 0 Å². The second-order valence-electron chi connectivity index (χ2n) is 4.63. The van der Waals surface area contributed by atoms with E-state index in [-0.39, 0.29) is 6.04 Å². The summed E-state index contributed by atoms with van der Waals surface area (Å²) in [4.78, 5) is 4.45. The van der Waals surface area contributed by atoms with E-state index in [1.807, 2.05) is 18.3 Å². The summed E-state index contributed by atoms with van der Waals surface area (Å²) in [6.07, 6.45) is 5.35. The molecule has 102 valence electrons. The highest BCUT2D eigenvalue weighted by Crippen LogP contribution is 2.27. The summed E-state index contributed by atoms with van der Waals surface area (Å²) in [6, 6.07) is 6.10. The number of hydrogen-bond donors (Lipinski definition) is 1. The molecular weight excluding hydrogens is 260 g/mol. The molecule has 0 saturated heterocycles. The van der Waals surface area contributed by atoms with Crippen molar-refractivity contribution in [2.45, 2.75) is 32.7 Å². The highest BCUT2D eigenvalue weighted by atomic mass is 35.5. The lowest BCUT2D eigenvalue weighted by Crippen LogP contribution is -2.24. The maximum Gasteiger partial charge on any atom is 0.197 e. The summed E-state index contributed by atoms with van der Waals surface area (Å²) >= 11 is 6.09. The first-order valence-corrected chi connectivity index (χ1v) is 6.97. The Balaban J connectivity index is 2.19. The zero-order valence-corrected chi connectivity index (χ0v) is 12.1. The van der Waals surface area contributed by atoms with Crippen molar-refractivity contribution in [1.29, 1.82) is 0 Å². The molecule has 0 radical (unpaired) electrons. The van der Waals surface area contributed by atoms with Crippen molar-refractivity contribution in [1.82, 2.24) is 10.3 Å². The second-order valence-corrected chi connectivity index (χ2v) is 4.97. The summed E-state index contributed by atoms with van der Waals surface area (Å²) in [5, 5.41) is 3.96. The van der Waals surface area contributed by atoms with Crippen molar-refractivity contribution in [3.8, 4) is 0 Å². The molecule has 0 aromatic carbocycles. The average Bonchev–Trinajstić information content (AvgIpc) is 2.83. The zero-order valence-electron chi connectivity index (χ0n) is 11.3. The quantitative estimate of drug-likeness (QED) is 0.870. The van der Waals surface area contributed by atoms with Gasteiger partial charge in [-0.25, -0.2) is 0 Å². The van der Waals surface area contributed by atoms with E-state index in [4.69, 9.17) is 16.0 Å². The van der Waals surface area contributed by atoms with Crippen LogP contribution < -0.4 is 5.32 Å². The standard InChI is InChI=1S/C15H19ClN2O/c1-3-7-17-14(12-6-9-19-15(12)16)10-13-11(2)5-4-8-18-13/h4-6,8-9,14,17H,3,7,10H2,1-2H3. The van der Waals surface area contributed by atoms with Crippen LogP contribution in [-0.4, -0.2) is 11.5 Å². The predicted molar refractivity (Wildman–Crippen MR) is 77.4 cm³/mol. The molecule has 2 aromatic rings. The molecule has 3 nitrogen and oxygen atoms in total. The molecule has 19 heavy (non-hydrogen) atoms. The lowest BCUT2D eigenvalue weighted by atomic mass is 10.0. The number of rotatable bonds is 6. The largest absolute Gasteiger partial charge is 0.453 e. The smallest absolute Gasteiger partial charge is 0.197 e. The van der Waals surface area contributed by atoms with Gasteiger partial charge in [-0.05, 0) is 49.2 Å². The van der Waals surface area contributed by atoms with E-state index >= 15 is 0 Å². The molecule has 1 atom stereocenters. The number of aromatic nitrogens is 1. The molecule has 0 aliphatic rings. The highest BCUT2D eigenvalue weighted by Gasteiger charge is 2.18. The Morgan fingerprint density at radius 1 is 1.42 bits per heavy atom. The van der Waals surface area contributed by atoms with Gasteiger partial charge in [0, 0.05) is 29.9 Å². The lowest BCUT2D eigenvalue weighted by Gasteiger charge is -2.18. The Morgan fingerprint density at radius 2 is 2.26 bits per heavy atom. The number of aryl methyl sites for hydroxylation is 1. The molecule has 0 amide bonds. The summed E-state index contributed by atoms with van der Waals surface area (Å²) in [7, 11) is 0. The van der Waals surface area contributed by atoms with Gasteiger partial charge < -0.3 is 9.73 Å². The fourth-order valence-electron chi connectivity index (χ4n) is 2.09. The van der Waals surface area contributed by atoms with Gasteiger partial charge in [0.05, 0.1) is 6.26 Å². The van der Waals surface area contributed by atoms with E-state index < -0.39 is 0 Å². The summed E-state index contributed by atoms with van der Waals surface area (Å²) < 4.78 is 5.20. The molecule has 4 heteroatoms. The summed E-state index contributed by atoms with van der Waals surface area (Å²) in [5.74, 6) is 0. The first-order chi connectivity index (χ1) is 9.22. The van der Waals surface area contributed by atoms with Crippen LogP contribution in [0.4, 0.5) is 0 Å². The molecule has 0 saturated carbocycles. The van der Waals surface area contributed by atoms with Gasteiger partial charge in [0.25, 0.3) is 0 Å². The van der Waals surface area contributed by atoms with Gasteiger partial charge in [-0.2, -0.15) is 0 Å². The average molecular weight is 279 g/mol. The SMILES string of the molecule is CCCNC(Cc1ncccc1C)c1ccoc1Cl. The maximum absolute atomic E-state index is 6.09. The monoisotopic (exact) mass is 278 g/mol. The van der Waals surface area contributed by atoms with Crippen molar-refractivity contribution in [2.75, 3.05) is 6.54 Å². The number of furan rings is 1. The van der Waals surface area contributed by atoms with Crippen LogP contribution in [0.5, 0.6) is 0 Å². The van der Waals surface area contributed by atoms with Gasteiger partial charge >= 0.3 is 0 Å². The fourth-order valence-corrected chi connectivity index (χ4v) is 2.34. The third-order valence-electron chi connectivity index (χ3n) is 3.18. The van der Waals surface area contributed by atoms with Crippen LogP contribution in [0.25, 0.3) is 0 Å². The minimum absolute atomic E-state index is 0.139. The van der Waals surface area contributed by atoms with E-state index in [1.54, 1.807) is 6.26 Å². The molecule has 1 unspecified atom stereocenters. The topological polar surface area (TPSA) is 38.1 Å². The first-order valence-electron chi connectivity index (χ1n) is 6.59. The number of nitrogens with one attached hydrogen (secondary N) is 1.